The lowest BCUT2D eigenvalue weighted by atomic mass is 10.00. The van der Waals surface area contributed by atoms with Crippen LogP contribution in [0.5, 0.6) is 5.75 Å². The molecule has 1 aromatic rings. The summed E-state index contributed by atoms with van der Waals surface area (Å²) in [6, 6.07) is 6.90. The average molecular weight is 291 g/mol. The van der Waals surface area contributed by atoms with Crippen LogP contribution in [0.15, 0.2) is 24.3 Å². The molecule has 0 bridgehead atoms. The van der Waals surface area contributed by atoms with Crippen LogP contribution in [0.3, 0.4) is 0 Å². The van der Waals surface area contributed by atoms with E-state index in [4.69, 9.17) is 9.47 Å². The van der Waals surface area contributed by atoms with Crippen LogP contribution in [0.4, 0.5) is 5.69 Å². The van der Waals surface area contributed by atoms with Crippen molar-refractivity contribution in [2.24, 2.45) is 11.8 Å². The van der Waals surface area contributed by atoms with Crippen molar-refractivity contribution < 1.29 is 19.1 Å². The highest BCUT2D eigenvalue weighted by atomic mass is 16.7. The van der Waals surface area contributed by atoms with Gasteiger partial charge in [-0.3, -0.25) is 14.5 Å². The van der Waals surface area contributed by atoms with Gasteiger partial charge in [-0.15, -0.1) is 0 Å². The number of amides is 2. The minimum absolute atomic E-state index is 0.149. The van der Waals surface area contributed by atoms with Crippen molar-refractivity contribution in [3.63, 3.8) is 0 Å². The molecular weight excluding hydrogens is 270 g/mol. The number of hydrogen-bond acceptors (Lipinski definition) is 4. The van der Waals surface area contributed by atoms with Gasteiger partial charge in [-0.1, -0.05) is 13.8 Å². The Balaban J connectivity index is 2.12. The van der Waals surface area contributed by atoms with E-state index in [9.17, 15) is 9.59 Å². The van der Waals surface area contributed by atoms with E-state index in [2.05, 4.69) is 0 Å². The zero-order valence-corrected chi connectivity index (χ0v) is 12.8. The molecule has 114 valence electrons. The van der Waals surface area contributed by atoms with E-state index in [0.717, 1.165) is 0 Å². The van der Waals surface area contributed by atoms with Gasteiger partial charge in [0.05, 0.1) is 5.69 Å². The van der Waals surface area contributed by atoms with Crippen molar-refractivity contribution in [3.8, 4) is 5.75 Å². The summed E-state index contributed by atoms with van der Waals surface area (Å²) in [5.74, 6) is -0.203. The maximum Gasteiger partial charge on any atom is 0.237 e. The molecule has 3 unspecified atom stereocenters. The van der Waals surface area contributed by atoms with Gasteiger partial charge in [0.2, 0.25) is 11.8 Å². The zero-order chi connectivity index (χ0) is 15.6. The Labute approximate surface area is 124 Å². The number of rotatable bonds is 5. The van der Waals surface area contributed by atoms with Gasteiger partial charge >= 0.3 is 0 Å². The van der Waals surface area contributed by atoms with Crippen LogP contribution in [-0.4, -0.2) is 24.7 Å². The summed E-state index contributed by atoms with van der Waals surface area (Å²) >= 11 is 0. The van der Waals surface area contributed by atoms with Gasteiger partial charge in [-0.05, 0) is 38.1 Å². The number of carbonyl (C=O) groups is 2. The predicted molar refractivity (Wildman–Crippen MR) is 79.0 cm³/mol. The molecule has 0 saturated carbocycles. The lowest BCUT2D eigenvalue weighted by Crippen LogP contribution is -2.30. The second kappa shape index (κ2) is 6.26. The van der Waals surface area contributed by atoms with E-state index in [1.807, 2.05) is 13.8 Å². The van der Waals surface area contributed by atoms with E-state index < -0.39 is 0 Å². The maximum atomic E-state index is 12.1. The quantitative estimate of drug-likeness (QED) is 0.618. The maximum absolute atomic E-state index is 12.1. The van der Waals surface area contributed by atoms with Crippen molar-refractivity contribution in [1.29, 1.82) is 0 Å². The van der Waals surface area contributed by atoms with Crippen molar-refractivity contribution in [1.82, 2.24) is 0 Å². The fourth-order valence-corrected chi connectivity index (χ4v) is 2.33. The number of hydrogen-bond donors (Lipinski definition) is 0. The van der Waals surface area contributed by atoms with E-state index in [1.165, 1.54) is 4.90 Å². The molecule has 2 rings (SSSR count). The van der Waals surface area contributed by atoms with Gasteiger partial charge in [0.1, 0.15) is 5.75 Å². The Kier molecular flexibility index (Phi) is 4.63. The van der Waals surface area contributed by atoms with Gasteiger partial charge in [0, 0.05) is 18.4 Å². The SMILES string of the molecule is CCOC(C)Oc1ccc(N2C(=O)C(C)C(C)C2=O)cc1. The highest BCUT2D eigenvalue weighted by Crippen LogP contribution is 2.31. The second-order valence-electron chi connectivity index (χ2n) is 5.22. The summed E-state index contributed by atoms with van der Waals surface area (Å²) in [6.07, 6.45) is -0.337. The van der Waals surface area contributed by atoms with Crippen LogP contribution < -0.4 is 9.64 Å². The number of benzene rings is 1. The van der Waals surface area contributed by atoms with Crippen molar-refractivity contribution >= 4 is 17.5 Å². The van der Waals surface area contributed by atoms with Crippen LogP contribution in [-0.2, 0) is 14.3 Å². The number of ether oxygens (including phenoxy) is 2. The first-order valence-corrected chi connectivity index (χ1v) is 7.21. The summed E-state index contributed by atoms with van der Waals surface area (Å²) < 4.78 is 10.9. The smallest absolute Gasteiger partial charge is 0.237 e. The van der Waals surface area contributed by atoms with E-state index in [1.54, 1.807) is 38.1 Å². The van der Waals surface area contributed by atoms with Gasteiger partial charge in [-0.2, -0.15) is 0 Å². The molecule has 2 amide bonds. The molecule has 1 fully saturated rings. The molecule has 1 saturated heterocycles. The lowest BCUT2D eigenvalue weighted by Gasteiger charge is -2.17. The average Bonchev–Trinajstić information content (AvgIpc) is 2.65. The fraction of sp³-hybridized carbons (Fsp3) is 0.500. The Morgan fingerprint density at radius 2 is 1.62 bits per heavy atom. The van der Waals surface area contributed by atoms with Gasteiger partial charge in [0.25, 0.3) is 0 Å². The topological polar surface area (TPSA) is 55.8 Å². The summed E-state index contributed by atoms with van der Waals surface area (Å²) in [6.45, 7) is 7.86. The molecule has 5 heteroatoms. The highest BCUT2D eigenvalue weighted by Gasteiger charge is 2.42. The third kappa shape index (κ3) is 3.08. The normalized spacial score (nSPS) is 23.5. The predicted octanol–water partition coefficient (Wildman–Crippen LogP) is 2.59. The van der Waals surface area contributed by atoms with Crippen LogP contribution in [0, 0.1) is 11.8 Å². The molecule has 0 aliphatic carbocycles. The van der Waals surface area contributed by atoms with E-state index >= 15 is 0 Å². The van der Waals surface area contributed by atoms with Crippen molar-refractivity contribution in [2.45, 2.75) is 34.0 Å². The Morgan fingerprint density at radius 1 is 1.10 bits per heavy atom. The van der Waals surface area contributed by atoms with Crippen LogP contribution in [0.2, 0.25) is 0 Å². The Morgan fingerprint density at radius 3 is 2.10 bits per heavy atom. The Bertz CT molecular complexity index is 506. The van der Waals surface area contributed by atoms with Crippen molar-refractivity contribution in [3.05, 3.63) is 24.3 Å². The number of nitrogens with zero attached hydrogens (tertiary/aromatic N) is 1. The highest BCUT2D eigenvalue weighted by molar-refractivity contribution is 6.21. The molecule has 1 aliphatic heterocycles. The van der Waals surface area contributed by atoms with Gasteiger partial charge < -0.3 is 9.47 Å². The molecule has 0 aromatic heterocycles. The van der Waals surface area contributed by atoms with Crippen LogP contribution in [0.1, 0.15) is 27.7 Å². The molecule has 0 spiro atoms. The van der Waals surface area contributed by atoms with Crippen LogP contribution >= 0.6 is 0 Å². The molecule has 1 heterocycles. The molecular formula is C16H21NO4. The first kappa shape index (κ1) is 15.5. The molecule has 5 nitrogen and oxygen atoms in total. The van der Waals surface area contributed by atoms with Crippen LogP contribution in [0.25, 0.3) is 0 Å². The zero-order valence-electron chi connectivity index (χ0n) is 12.8. The molecule has 1 aromatic carbocycles. The third-order valence-electron chi connectivity index (χ3n) is 3.77. The molecule has 3 atom stereocenters. The number of anilines is 1. The number of imide groups is 1. The molecule has 0 radical (unpaired) electrons. The summed E-state index contributed by atoms with van der Waals surface area (Å²) in [4.78, 5) is 25.5. The van der Waals surface area contributed by atoms with Crippen molar-refractivity contribution in [2.75, 3.05) is 11.5 Å². The summed E-state index contributed by atoms with van der Waals surface area (Å²) in [7, 11) is 0. The first-order chi connectivity index (χ1) is 9.95. The minimum atomic E-state index is -0.337. The monoisotopic (exact) mass is 291 g/mol. The van der Waals surface area contributed by atoms with E-state index in [0.29, 0.717) is 18.0 Å². The van der Waals surface area contributed by atoms with Gasteiger partial charge in [-0.25, -0.2) is 0 Å². The number of carbonyl (C=O) groups excluding carboxylic acids is 2. The molecule has 21 heavy (non-hydrogen) atoms. The summed E-state index contributed by atoms with van der Waals surface area (Å²) in [5.41, 5.74) is 0.581. The second-order valence-corrected chi connectivity index (χ2v) is 5.22. The molecule has 1 aliphatic rings. The third-order valence-corrected chi connectivity index (χ3v) is 3.77. The summed E-state index contributed by atoms with van der Waals surface area (Å²) in [5, 5.41) is 0. The van der Waals surface area contributed by atoms with Gasteiger partial charge in [0.15, 0.2) is 6.29 Å². The minimum Gasteiger partial charge on any atom is -0.465 e. The molecule has 0 N–H and O–H groups in total. The lowest BCUT2D eigenvalue weighted by molar-refractivity contribution is -0.122. The standard InChI is InChI=1S/C16H21NO4/c1-5-20-12(4)21-14-8-6-13(7-9-14)17-15(18)10(2)11(3)16(17)19/h6-12H,5H2,1-4H3. The first-order valence-electron chi connectivity index (χ1n) is 7.21. The Hall–Kier alpha value is -1.88. The fourth-order valence-electron chi connectivity index (χ4n) is 2.33. The van der Waals surface area contributed by atoms with E-state index in [-0.39, 0.29) is 29.9 Å². The largest absolute Gasteiger partial charge is 0.465 e.